The molecule has 0 atom stereocenters. The quantitative estimate of drug-likeness (QED) is 0.856. The van der Waals surface area contributed by atoms with Crippen LogP contribution in [0.4, 0.5) is 0 Å². The lowest BCUT2D eigenvalue weighted by molar-refractivity contribution is -0.136. The standard InChI is InChI=1S/C12H14N2O2/c1-8-5-9(3-4-11(15)16)6-10-7-14(2)13-12(8)10/h5-7H,3-4H2,1-2H3,(H,15,16). The summed E-state index contributed by atoms with van der Waals surface area (Å²) in [5.41, 5.74) is 3.14. The molecule has 0 spiro atoms. The van der Waals surface area contributed by atoms with Gasteiger partial charge in [-0.2, -0.15) is 5.10 Å². The Morgan fingerprint density at radius 3 is 2.94 bits per heavy atom. The summed E-state index contributed by atoms with van der Waals surface area (Å²) in [5.74, 6) is -0.760. The number of aryl methyl sites for hydroxylation is 3. The van der Waals surface area contributed by atoms with Crippen molar-refractivity contribution in [2.24, 2.45) is 7.05 Å². The highest BCUT2D eigenvalue weighted by Crippen LogP contribution is 2.19. The van der Waals surface area contributed by atoms with Gasteiger partial charge in [0.2, 0.25) is 0 Å². The van der Waals surface area contributed by atoms with Crippen LogP contribution in [0.25, 0.3) is 10.9 Å². The molecule has 4 nitrogen and oxygen atoms in total. The number of aliphatic carboxylic acids is 1. The van der Waals surface area contributed by atoms with E-state index >= 15 is 0 Å². The van der Waals surface area contributed by atoms with Crippen molar-refractivity contribution in [3.8, 4) is 0 Å². The molecule has 0 saturated heterocycles. The molecule has 1 heterocycles. The van der Waals surface area contributed by atoms with Crippen LogP contribution in [-0.4, -0.2) is 20.9 Å². The average molecular weight is 218 g/mol. The first-order valence-electron chi connectivity index (χ1n) is 5.21. The van der Waals surface area contributed by atoms with Crippen molar-refractivity contribution in [3.05, 3.63) is 29.5 Å². The van der Waals surface area contributed by atoms with E-state index in [1.54, 1.807) is 4.68 Å². The van der Waals surface area contributed by atoms with Gasteiger partial charge in [-0.15, -0.1) is 0 Å². The van der Waals surface area contributed by atoms with Gasteiger partial charge in [-0.3, -0.25) is 9.48 Å². The molecule has 0 unspecified atom stereocenters. The molecule has 0 bridgehead atoms. The molecular formula is C12H14N2O2. The fourth-order valence-electron chi connectivity index (χ4n) is 1.90. The number of rotatable bonds is 3. The predicted molar refractivity (Wildman–Crippen MR) is 61.4 cm³/mol. The molecule has 0 saturated carbocycles. The maximum Gasteiger partial charge on any atom is 0.303 e. The second-order valence-electron chi connectivity index (χ2n) is 4.05. The van der Waals surface area contributed by atoms with Crippen LogP contribution in [-0.2, 0) is 18.3 Å². The maximum absolute atomic E-state index is 10.5. The summed E-state index contributed by atoms with van der Waals surface area (Å²) in [6, 6.07) is 4.02. The Morgan fingerprint density at radius 2 is 2.25 bits per heavy atom. The zero-order valence-corrected chi connectivity index (χ0v) is 9.40. The molecular weight excluding hydrogens is 204 g/mol. The lowest BCUT2D eigenvalue weighted by Crippen LogP contribution is -1.97. The van der Waals surface area contributed by atoms with Gasteiger partial charge in [-0.1, -0.05) is 6.07 Å². The van der Waals surface area contributed by atoms with E-state index in [1.165, 1.54) is 0 Å². The first kappa shape index (κ1) is 10.7. The molecule has 0 aliphatic rings. The number of nitrogens with zero attached hydrogens (tertiary/aromatic N) is 2. The van der Waals surface area contributed by atoms with Gasteiger partial charge in [0.25, 0.3) is 0 Å². The van der Waals surface area contributed by atoms with Crippen molar-refractivity contribution in [2.75, 3.05) is 0 Å². The third-order valence-electron chi connectivity index (χ3n) is 2.60. The van der Waals surface area contributed by atoms with Gasteiger partial charge in [0.1, 0.15) is 0 Å². The number of carboxylic acid groups (broad SMARTS) is 1. The summed E-state index contributed by atoms with van der Waals surface area (Å²) in [4.78, 5) is 10.5. The molecule has 2 aromatic rings. The van der Waals surface area contributed by atoms with Crippen molar-refractivity contribution in [2.45, 2.75) is 19.8 Å². The molecule has 1 aromatic carbocycles. The monoisotopic (exact) mass is 218 g/mol. The lowest BCUT2D eigenvalue weighted by atomic mass is 10.0. The summed E-state index contributed by atoms with van der Waals surface area (Å²) in [7, 11) is 1.89. The van der Waals surface area contributed by atoms with Crippen LogP contribution in [0, 0.1) is 6.92 Å². The first-order chi connectivity index (χ1) is 7.56. The Bertz CT molecular complexity index is 543. The Labute approximate surface area is 93.5 Å². The molecule has 0 radical (unpaired) electrons. The topological polar surface area (TPSA) is 55.1 Å². The van der Waals surface area contributed by atoms with Gasteiger partial charge < -0.3 is 5.11 Å². The minimum Gasteiger partial charge on any atom is -0.481 e. The van der Waals surface area contributed by atoms with Gasteiger partial charge in [-0.25, -0.2) is 0 Å². The molecule has 0 aliphatic carbocycles. The fourth-order valence-corrected chi connectivity index (χ4v) is 1.90. The van der Waals surface area contributed by atoms with Crippen LogP contribution in [0.3, 0.4) is 0 Å². The molecule has 0 fully saturated rings. The molecule has 0 aliphatic heterocycles. The zero-order valence-electron chi connectivity index (χ0n) is 9.40. The minimum absolute atomic E-state index is 0.172. The van der Waals surface area contributed by atoms with E-state index in [9.17, 15) is 4.79 Å². The van der Waals surface area contributed by atoms with Gasteiger partial charge in [0.05, 0.1) is 5.52 Å². The van der Waals surface area contributed by atoms with E-state index in [2.05, 4.69) is 5.10 Å². The Kier molecular flexibility index (Phi) is 2.64. The summed E-state index contributed by atoms with van der Waals surface area (Å²) in [6.45, 7) is 2.00. The largest absolute Gasteiger partial charge is 0.481 e. The molecule has 16 heavy (non-hydrogen) atoms. The van der Waals surface area contributed by atoms with Crippen LogP contribution in [0.1, 0.15) is 17.5 Å². The Hall–Kier alpha value is -1.84. The van der Waals surface area contributed by atoms with Crippen LogP contribution >= 0.6 is 0 Å². The Morgan fingerprint density at radius 1 is 1.50 bits per heavy atom. The summed E-state index contributed by atoms with van der Waals surface area (Å²) < 4.78 is 1.78. The number of hydrogen-bond donors (Lipinski definition) is 1. The summed E-state index contributed by atoms with van der Waals surface area (Å²) in [6.07, 6.45) is 2.69. The zero-order chi connectivity index (χ0) is 11.7. The van der Waals surface area contributed by atoms with Gasteiger partial charge in [0.15, 0.2) is 0 Å². The van der Waals surface area contributed by atoms with E-state index in [0.29, 0.717) is 6.42 Å². The van der Waals surface area contributed by atoms with Gasteiger partial charge >= 0.3 is 5.97 Å². The summed E-state index contributed by atoms with van der Waals surface area (Å²) in [5, 5.41) is 14.1. The number of hydrogen-bond acceptors (Lipinski definition) is 2. The van der Waals surface area contributed by atoms with E-state index in [0.717, 1.165) is 22.0 Å². The van der Waals surface area contributed by atoms with Crippen molar-refractivity contribution < 1.29 is 9.90 Å². The number of fused-ring (bicyclic) bond motifs is 1. The number of carboxylic acids is 1. The molecule has 1 N–H and O–H groups in total. The molecule has 1 aromatic heterocycles. The normalized spacial score (nSPS) is 10.9. The third kappa shape index (κ3) is 2.05. The highest BCUT2D eigenvalue weighted by Gasteiger charge is 2.06. The van der Waals surface area contributed by atoms with E-state index < -0.39 is 5.97 Å². The molecule has 4 heteroatoms. The number of benzene rings is 1. The first-order valence-corrected chi connectivity index (χ1v) is 5.21. The van der Waals surface area contributed by atoms with E-state index in [4.69, 9.17) is 5.11 Å². The van der Waals surface area contributed by atoms with Crippen LogP contribution < -0.4 is 0 Å². The second kappa shape index (κ2) is 3.96. The highest BCUT2D eigenvalue weighted by molar-refractivity contribution is 5.82. The van der Waals surface area contributed by atoms with Crippen LogP contribution in [0.2, 0.25) is 0 Å². The smallest absolute Gasteiger partial charge is 0.303 e. The molecule has 84 valence electrons. The van der Waals surface area contributed by atoms with E-state index in [1.807, 2.05) is 32.3 Å². The SMILES string of the molecule is Cc1cc(CCC(=O)O)cc2cn(C)nc12. The lowest BCUT2D eigenvalue weighted by Gasteiger charge is -2.01. The van der Waals surface area contributed by atoms with Gasteiger partial charge in [0, 0.05) is 25.1 Å². The molecule has 2 rings (SSSR count). The molecule has 0 amide bonds. The fraction of sp³-hybridized carbons (Fsp3) is 0.333. The summed E-state index contributed by atoms with van der Waals surface area (Å²) >= 11 is 0. The van der Waals surface area contributed by atoms with Crippen molar-refractivity contribution in [1.82, 2.24) is 9.78 Å². The highest BCUT2D eigenvalue weighted by atomic mass is 16.4. The second-order valence-corrected chi connectivity index (χ2v) is 4.05. The average Bonchev–Trinajstić information content (AvgIpc) is 2.56. The minimum atomic E-state index is -0.760. The number of aromatic nitrogens is 2. The van der Waals surface area contributed by atoms with Crippen LogP contribution in [0.5, 0.6) is 0 Å². The van der Waals surface area contributed by atoms with Crippen molar-refractivity contribution in [1.29, 1.82) is 0 Å². The third-order valence-corrected chi connectivity index (χ3v) is 2.60. The van der Waals surface area contributed by atoms with E-state index in [-0.39, 0.29) is 6.42 Å². The van der Waals surface area contributed by atoms with Crippen LogP contribution in [0.15, 0.2) is 18.3 Å². The number of carbonyl (C=O) groups is 1. The van der Waals surface area contributed by atoms with Crippen molar-refractivity contribution >= 4 is 16.9 Å². The Balaban J connectivity index is 2.37. The predicted octanol–water partition coefficient (Wildman–Crippen LogP) is 1.90. The maximum atomic E-state index is 10.5. The van der Waals surface area contributed by atoms with Gasteiger partial charge in [-0.05, 0) is 30.5 Å². The van der Waals surface area contributed by atoms with Crippen molar-refractivity contribution in [3.63, 3.8) is 0 Å².